The van der Waals surface area contributed by atoms with Crippen LogP contribution in [0.3, 0.4) is 0 Å². The number of benzene rings is 1. The Morgan fingerprint density at radius 1 is 1.13 bits per heavy atom. The molecule has 78 valence electrons. The molecule has 0 bridgehead atoms. The molecule has 3 nitrogen and oxygen atoms in total. The van der Waals surface area contributed by atoms with Crippen LogP contribution in [0.1, 0.15) is 25.7 Å². The molecule has 1 saturated carbocycles. The maximum Gasteiger partial charge on any atom is 0.138 e. The molecule has 0 heterocycles. The highest BCUT2D eigenvalue weighted by Gasteiger charge is 2.13. The lowest BCUT2D eigenvalue weighted by molar-refractivity contribution is -0.118. The number of hydrazone groups is 1. The van der Waals surface area contributed by atoms with Crippen molar-refractivity contribution >= 4 is 17.2 Å². The van der Waals surface area contributed by atoms with E-state index in [2.05, 4.69) is 10.5 Å². The van der Waals surface area contributed by atoms with E-state index in [1.54, 1.807) is 0 Å². The molecule has 1 aromatic carbocycles. The molecule has 0 atom stereocenters. The minimum atomic E-state index is 0.301. The van der Waals surface area contributed by atoms with Gasteiger partial charge in [0.05, 0.1) is 5.69 Å². The molecule has 15 heavy (non-hydrogen) atoms. The first kappa shape index (κ1) is 9.90. The minimum absolute atomic E-state index is 0.301. The molecule has 0 spiro atoms. The number of hydrogen-bond acceptors (Lipinski definition) is 3. The van der Waals surface area contributed by atoms with Gasteiger partial charge in [-0.25, -0.2) is 0 Å². The number of carbonyl (C=O) groups excluding carboxylic acids is 1. The molecule has 0 aliphatic heterocycles. The Balaban J connectivity index is 1.96. The summed E-state index contributed by atoms with van der Waals surface area (Å²) >= 11 is 0. The Labute approximate surface area is 89.2 Å². The standard InChI is InChI=1S/C12H14N2O/c15-12-8-4-7-11(9-12)14-13-10-5-2-1-3-6-10/h1-3,5-6,13H,4,7-9H2/b14-11-. The maximum absolute atomic E-state index is 11.2. The van der Waals surface area contributed by atoms with Crippen LogP contribution >= 0.6 is 0 Å². The van der Waals surface area contributed by atoms with E-state index in [1.807, 2.05) is 30.3 Å². The first-order valence-electron chi connectivity index (χ1n) is 5.23. The molecule has 3 heteroatoms. The van der Waals surface area contributed by atoms with Crippen molar-refractivity contribution in [1.82, 2.24) is 0 Å². The fourth-order valence-corrected chi connectivity index (χ4v) is 1.65. The third-order valence-corrected chi connectivity index (χ3v) is 2.44. The third-order valence-electron chi connectivity index (χ3n) is 2.44. The van der Waals surface area contributed by atoms with Crippen molar-refractivity contribution in [1.29, 1.82) is 0 Å². The first-order valence-corrected chi connectivity index (χ1v) is 5.23. The van der Waals surface area contributed by atoms with E-state index in [1.165, 1.54) is 0 Å². The molecule has 2 rings (SSSR count). The fraction of sp³-hybridized carbons (Fsp3) is 0.333. The second kappa shape index (κ2) is 4.73. The van der Waals surface area contributed by atoms with Crippen molar-refractivity contribution in [2.75, 3.05) is 5.43 Å². The minimum Gasteiger partial charge on any atom is -0.299 e. The van der Waals surface area contributed by atoms with Crippen LogP contribution in [0.4, 0.5) is 5.69 Å². The molecule has 1 fully saturated rings. The van der Waals surface area contributed by atoms with Gasteiger partial charge in [-0.15, -0.1) is 0 Å². The highest BCUT2D eigenvalue weighted by atomic mass is 16.1. The van der Waals surface area contributed by atoms with Gasteiger partial charge in [0.1, 0.15) is 5.78 Å². The van der Waals surface area contributed by atoms with Gasteiger partial charge in [0.25, 0.3) is 0 Å². The number of Topliss-reactive ketones (excluding diaryl/α,β-unsaturated/α-hetero) is 1. The average Bonchev–Trinajstić information content (AvgIpc) is 2.28. The van der Waals surface area contributed by atoms with E-state index in [9.17, 15) is 4.79 Å². The summed E-state index contributed by atoms with van der Waals surface area (Å²) in [4.78, 5) is 11.2. The number of rotatable bonds is 2. The lowest BCUT2D eigenvalue weighted by atomic mass is 9.97. The Bertz CT molecular complexity index is 370. The summed E-state index contributed by atoms with van der Waals surface area (Å²) in [7, 11) is 0. The van der Waals surface area contributed by atoms with Crippen LogP contribution in [-0.2, 0) is 4.79 Å². The van der Waals surface area contributed by atoms with Crippen LogP contribution in [0, 0.1) is 0 Å². The molecule has 1 aliphatic carbocycles. The van der Waals surface area contributed by atoms with Crippen LogP contribution in [0.15, 0.2) is 35.4 Å². The number of hydrogen-bond donors (Lipinski definition) is 1. The van der Waals surface area contributed by atoms with E-state index in [0.717, 1.165) is 24.2 Å². The van der Waals surface area contributed by atoms with Crippen LogP contribution in [0.25, 0.3) is 0 Å². The topological polar surface area (TPSA) is 41.5 Å². The molecule has 1 aliphatic rings. The van der Waals surface area contributed by atoms with Crippen molar-refractivity contribution in [2.24, 2.45) is 5.10 Å². The summed E-state index contributed by atoms with van der Waals surface area (Å²) in [6, 6.07) is 9.77. The zero-order valence-electron chi connectivity index (χ0n) is 8.57. The summed E-state index contributed by atoms with van der Waals surface area (Å²) in [5.41, 5.74) is 4.90. The van der Waals surface area contributed by atoms with Gasteiger partial charge in [0.15, 0.2) is 0 Å². The molecule has 1 aromatic rings. The molecule has 0 radical (unpaired) electrons. The third kappa shape index (κ3) is 2.91. The number of carbonyl (C=O) groups is 1. The van der Waals surface area contributed by atoms with Gasteiger partial charge in [-0.3, -0.25) is 10.2 Å². The average molecular weight is 202 g/mol. The van der Waals surface area contributed by atoms with Gasteiger partial charge in [-0.2, -0.15) is 5.10 Å². The predicted octanol–water partition coefficient (Wildman–Crippen LogP) is 2.60. The zero-order valence-corrected chi connectivity index (χ0v) is 8.57. The van der Waals surface area contributed by atoms with Crippen molar-refractivity contribution in [3.05, 3.63) is 30.3 Å². The zero-order chi connectivity index (χ0) is 10.5. The van der Waals surface area contributed by atoms with Gasteiger partial charge >= 0.3 is 0 Å². The van der Waals surface area contributed by atoms with E-state index >= 15 is 0 Å². The SMILES string of the molecule is O=C1CCC/C(=N/Nc2ccccc2)C1. The summed E-state index contributed by atoms with van der Waals surface area (Å²) in [5.74, 6) is 0.301. The van der Waals surface area contributed by atoms with Gasteiger partial charge in [-0.1, -0.05) is 18.2 Å². The maximum atomic E-state index is 11.2. The highest BCUT2D eigenvalue weighted by Crippen LogP contribution is 2.13. The van der Waals surface area contributed by atoms with Gasteiger partial charge in [0.2, 0.25) is 0 Å². The molecule has 0 saturated heterocycles. The Morgan fingerprint density at radius 2 is 1.93 bits per heavy atom. The lowest BCUT2D eigenvalue weighted by Gasteiger charge is -2.11. The summed E-state index contributed by atoms with van der Waals surface area (Å²) in [6.45, 7) is 0. The Kier molecular flexibility index (Phi) is 3.12. The molecule has 0 amide bonds. The largest absolute Gasteiger partial charge is 0.299 e. The predicted molar refractivity (Wildman–Crippen MR) is 61.0 cm³/mol. The second-order valence-electron chi connectivity index (χ2n) is 3.72. The molecule has 1 N–H and O–H groups in total. The molecular weight excluding hydrogens is 188 g/mol. The molecular formula is C12H14N2O. The van der Waals surface area contributed by atoms with E-state index in [-0.39, 0.29) is 0 Å². The van der Waals surface area contributed by atoms with Gasteiger partial charge in [0, 0.05) is 18.6 Å². The Hall–Kier alpha value is -1.64. The molecule has 0 unspecified atom stereocenters. The summed E-state index contributed by atoms with van der Waals surface area (Å²) in [5, 5.41) is 4.25. The van der Waals surface area contributed by atoms with Crippen molar-refractivity contribution in [3.8, 4) is 0 Å². The normalized spacial score (nSPS) is 19.2. The van der Waals surface area contributed by atoms with E-state index in [4.69, 9.17) is 0 Å². The fourth-order valence-electron chi connectivity index (χ4n) is 1.65. The summed E-state index contributed by atoms with van der Waals surface area (Å²) < 4.78 is 0. The van der Waals surface area contributed by atoms with Crippen molar-refractivity contribution in [3.63, 3.8) is 0 Å². The van der Waals surface area contributed by atoms with Crippen LogP contribution in [-0.4, -0.2) is 11.5 Å². The number of anilines is 1. The van der Waals surface area contributed by atoms with Crippen LogP contribution in [0.5, 0.6) is 0 Å². The smallest absolute Gasteiger partial charge is 0.138 e. The molecule has 0 aromatic heterocycles. The number of para-hydroxylation sites is 1. The Morgan fingerprint density at radius 3 is 2.67 bits per heavy atom. The first-order chi connectivity index (χ1) is 7.34. The highest BCUT2D eigenvalue weighted by molar-refractivity contribution is 6.04. The number of nitrogens with zero attached hydrogens (tertiary/aromatic N) is 1. The van der Waals surface area contributed by atoms with Gasteiger partial charge < -0.3 is 0 Å². The van der Waals surface area contributed by atoms with Crippen LogP contribution < -0.4 is 5.43 Å². The van der Waals surface area contributed by atoms with Gasteiger partial charge in [-0.05, 0) is 25.0 Å². The van der Waals surface area contributed by atoms with Crippen molar-refractivity contribution in [2.45, 2.75) is 25.7 Å². The van der Waals surface area contributed by atoms with E-state index in [0.29, 0.717) is 18.6 Å². The summed E-state index contributed by atoms with van der Waals surface area (Å²) in [6.07, 6.45) is 3.10. The number of ketones is 1. The second-order valence-corrected chi connectivity index (χ2v) is 3.72. The number of nitrogens with one attached hydrogen (secondary N) is 1. The van der Waals surface area contributed by atoms with Crippen molar-refractivity contribution < 1.29 is 4.79 Å². The van der Waals surface area contributed by atoms with Crippen LogP contribution in [0.2, 0.25) is 0 Å². The van der Waals surface area contributed by atoms with E-state index < -0.39 is 0 Å². The quantitative estimate of drug-likeness (QED) is 0.749. The monoisotopic (exact) mass is 202 g/mol. The lowest BCUT2D eigenvalue weighted by Crippen LogP contribution is -2.15.